The number of fused-ring (bicyclic) bond motifs is 3. The van der Waals surface area contributed by atoms with Crippen LogP contribution >= 0.6 is 0 Å². The van der Waals surface area contributed by atoms with Crippen molar-refractivity contribution in [2.75, 3.05) is 0 Å². The van der Waals surface area contributed by atoms with E-state index in [1.807, 2.05) is 12.4 Å². The van der Waals surface area contributed by atoms with Gasteiger partial charge >= 0.3 is 0 Å². The molecule has 43 heavy (non-hydrogen) atoms. The molecule has 0 atom stereocenters. The Morgan fingerprint density at radius 3 is 1.67 bits per heavy atom. The highest BCUT2D eigenvalue weighted by atomic mass is 14.6. The number of nitrogens with zero attached hydrogens (tertiary/aromatic N) is 1. The van der Waals surface area contributed by atoms with Gasteiger partial charge in [-0.3, -0.25) is 4.98 Å². The van der Waals surface area contributed by atoms with Crippen LogP contribution in [-0.4, -0.2) is 4.98 Å². The normalized spacial score (nSPS) is 11.4. The number of pyridine rings is 1. The van der Waals surface area contributed by atoms with Crippen molar-refractivity contribution >= 4 is 32.3 Å². The van der Waals surface area contributed by atoms with E-state index in [4.69, 9.17) is 0 Å². The van der Waals surface area contributed by atoms with Gasteiger partial charge < -0.3 is 0 Å². The zero-order valence-corrected chi connectivity index (χ0v) is 24.0. The lowest BCUT2D eigenvalue weighted by Gasteiger charge is -2.20. The van der Waals surface area contributed by atoms with E-state index >= 15 is 0 Å². The van der Waals surface area contributed by atoms with Gasteiger partial charge in [-0.15, -0.1) is 0 Å². The highest BCUT2D eigenvalue weighted by Gasteiger charge is 2.19. The molecular weight excluding hydrogens is 518 g/mol. The van der Waals surface area contributed by atoms with Crippen LogP contribution in [0.25, 0.3) is 76.8 Å². The molecule has 8 rings (SSSR count). The summed E-state index contributed by atoms with van der Waals surface area (Å²) in [5.74, 6) is 0. The summed E-state index contributed by atoms with van der Waals surface area (Å²) in [6.07, 6.45) is 3.71. The van der Waals surface area contributed by atoms with Crippen LogP contribution < -0.4 is 0 Å². The average Bonchev–Trinajstić information content (AvgIpc) is 3.08. The Labute approximate surface area is 251 Å². The van der Waals surface area contributed by atoms with Crippen LogP contribution in [0, 0.1) is 6.92 Å². The molecule has 202 valence electrons. The molecule has 7 aromatic carbocycles. The van der Waals surface area contributed by atoms with E-state index in [2.05, 4.69) is 158 Å². The van der Waals surface area contributed by atoms with Crippen LogP contribution in [0.2, 0.25) is 0 Å². The Kier molecular flexibility index (Phi) is 6.09. The Balaban J connectivity index is 1.38. The number of aromatic nitrogens is 1. The van der Waals surface area contributed by atoms with Gasteiger partial charge in [0.25, 0.3) is 0 Å². The van der Waals surface area contributed by atoms with E-state index < -0.39 is 0 Å². The molecule has 1 aromatic heterocycles. The maximum absolute atomic E-state index is 4.20. The minimum absolute atomic E-state index is 1.17. The molecule has 0 aliphatic rings. The summed E-state index contributed by atoms with van der Waals surface area (Å²) in [5, 5.41) is 7.61. The molecule has 8 aromatic rings. The summed E-state index contributed by atoms with van der Waals surface area (Å²) >= 11 is 0. The van der Waals surface area contributed by atoms with Gasteiger partial charge in [-0.25, -0.2) is 0 Å². The molecule has 0 amide bonds. The third kappa shape index (κ3) is 4.29. The second-order valence-electron chi connectivity index (χ2n) is 11.2. The van der Waals surface area contributed by atoms with Crippen molar-refractivity contribution < 1.29 is 0 Å². The largest absolute Gasteiger partial charge is 0.265 e. The molecular formula is C42H29N. The van der Waals surface area contributed by atoms with Crippen molar-refractivity contribution in [1.82, 2.24) is 4.98 Å². The first kappa shape index (κ1) is 25.2. The number of benzene rings is 7. The van der Waals surface area contributed by atoms with Gasteiger partial charge in [-0.05, 0) is 114 Å². The molecule has 0 unspecified atom stereocenters. The quantitative estimate of drug-likeness (QED) is 0.200. The fourth-order valence-electron chi connectivity index (χ4n) is 6.70. The van der Waals surface area contributed by atoms with E-state index in [1.54, 1.807) is 0 Å². The molecule has 0 bridgehead atoms. The maximum atomic E-state index is 4.20. The Morgan fingerprint density at radius 1 is 0.372 bits per heavy atom. The molecule has 0 fully saturated rings. The summed E-state index contributed by atoms with van der Waals surface area (Å²) in [6.45, 7) is 2.27. The Hall–Kier alpha value is -5.53. The molecule has 0 radical (unpaired) electrons. The van der Waals surface area contributed by atoms with Crippen LogP contribution in [0.4, 0.5) is 0 Å². The van der Waals surface area contributed by atoms with Crippen molar-refractivity contribution in [1.29, 1.82) is 0 Å². The average molecular weight is 548 g/mol. The number of rotatable bonds is 4. The zero-order valence-electron chi connectivity index (χ0n) is 24.0. The molecule has 0 N–H and O–H groups in total. The minimum atomic E-state index is 1.17. The first-order chi connectivity index (χ1) is 21.3. The number of hydrogen-bond acceptors (Lipinski definition) is 1. The highest BCUT2D eigenvalue weighted by molar-refractivity contribution is 6.22. The van der Waals surface area contributed by atoms with Gasteiger partial charge in [0.2, 0.25) is 0 Å². The summed E-state index contributed by atoms with van der Waals surface area (Å²) in [6, 6.07) is 53.0. The lowest BCUT2D eigenvalue weighted by atomic mass is 9.83. The lowest BCUT2D eigenvalue weighted by molar-refractivity contribution is 1.33. The smallest absolute Gasteiger partial charge is 0.0273 e. The predicted octanol–water partition coefficient (Wildman–Crippen LogP) is 11.5. The van der Waals surface area contributed by atoms with Crippen LogP contribution in [0.5, 0.6) is 0 Å². The first-order valence-corrected chi connectivity index (χ1v) is 14.8. The molecule has 0 aliphatic carbocycles. The summed E-state index contributed by atoms with van der Waals surface area (Å²) in [5.41, 5.74) is 11.2. The summed E-state index contributed by atoms with van der Waals surface area (Å²) in [7, 11) is 0. The van der Waals surface area contributed by atoms with Crippen LogP contribution in [0.3, 0.4) is 0 Å². The van der Waals surface area contributed by atoms with Crippen LogP contribution in [0.15, 0.2) is 158 Å². The van der Waals surface area contributed by atoms with E-state index in [0.717, 1.165) is 0 Å². The van der Waals surface area contributed by atoms with E-state index in [-0.39, 0.29) is 0 Å². The second-order valence-corrected chi connectivity index (χ2v) is 11.2. The predicted molar refractivity (Wildman–Crippen MR) is 183 cm³/mol. The van der Waals surface area contributed by atoms with Gasteiger partial charge in [0, 0.05) is 12.4 Å². The Bertz CT molecular complexity index is 2240. The standard InChI is InChI=1S/C42H29N/c1-28-35(33-13-8-12-32(26-33)30-22-24-43-25-23-30)18-9-19-36(28)42-39-16-6-4-14-37(39)41(38-15-5-7-17-40(38)42)34-21-20-29-10-2-3-11-31(29)27-34/h2-27H,1H3. The second kappa shape index (κ2) is 10.4. The SMILES string of the molecule is Cc1c(-c2cccc(-c3ccncc3)c2)cccc1-c1c2ccccc2c(-c2ccc3ccccc3c2)c2ccccc12. The first-order valence-electron chi connectivity index (χ1n) is 14.8. The van der Waals surface area contributed by atoms with Crippen molar-refractivity contribution in [2.45, 2.75) is 6.92 Å². The van der Waals surface area contributed by atoms with Crippen molar-refractivity contribution in [3.63, 3.8) is 0 Å². The molecule has 1 nitrogen and oxygen atoms in total. The Morgan fingerprint density at radius 2 is 0.953 bits per heavy atom. The molecule has 0 saturated carbocycles. The third-order valence-electron chi connectivity index (χ3n) is 8.76. The summed E-state index contributed by atoms with van der Waals surface area (Å²) in [4.78, 5) is 4.20. The van der Waals surface area contributed by atoms with Gasteiger partial charge in [0.1, 0.15) is 0 Å². The van der Waals surface area contributed by atoms with Crippen molar-refractivity contribution in [2.24, 2.45) is 0 Å². The zero-order chi connectivity index (χ0) is 28.8. The fraction of sp³-hybridized carbons (Fsp3) is 0.0238. The lowest BCUT2D eigenvalue weighted by Crippen LogP contribution is -1.94. The third-order valence-corrected chi connectivity index (χ3v) is 8.76. The van der Waals surface area contributed by atoms with Crippen molar-refractivity contribution in [3.05, 3.63) is 164 Å². The van der Waals surface area contributed by atoms with E-state index in [1.165, 1.54) is 82.4 Å². The van der Waals surface area contributed by atoms with Gasteiger partial charge in [-0.1, -0.05) is 121 Å². The van der Waals surface area contributed by atoms with Crippen molar-refractivity contribution in [3.8, 4) is 44.5 Å². The highest BCUT2D eigenvalue weighted by Crippen LogP contribution is 2.46. The van der Waals surface area contributed by atoms with E-state index in [9.17, 15) is 0 Å². The molecule has 0 aliphatic heterocycles. The molecule has 1 heteroatoms. The molecule has 1 heterocycles. The van der Waals surface area contributed by atoms with Crippen LogP contribution in [-0.2, 0) is 0 Å². The maximum Gasteiger partial charge on any atom is 0.0273 e. The van der Waals surface area contributed by atoms with Gasteiger partial charge in [0.05, 0.1) is 0 Å². The van der Waals surface area contributed by atoms with E-state index in [0.29, 0.717) is 0 Å². The van der Waals surface area contributed by atoms with Crippen LogP contribution in [0.1, 0.15) is 5.56 Å². The molecule has 0 saturated heterocycles. The monoisotopic (exact) mass is 547 g/mol. The van der Waals surface area contributed by atoms with Gasteiger partial charge in [0.15, 0.2) is 0 Å². The topological polar surface area (TPSA) is 12.9 Å². The fourth-order valence-corrected chi connectivity index (χ4v) is 6.70. The number of hydrogen-bond donors (Lipinski definition) is 0. The minimum Gasteiger partial charge on any atom is -0.265 e. The summed E-state index contributed by atoms with van der Waals surface area (Å²) < 4.78 is 0. The van der Waals surface area contributed by atoms with Gasteiger partial charge in [-0.2, -0.15) is 0 Å². The molecule has 0 spiro atoms.